The molecule has 0 amide bonds. The van der Waals surface area contributed by atoms with Crippen LogP contribution in [0.1, 0.15) is 18.0 Å². The molecule has 0 aliphatic rings. The molecule has 0 saturated carbocycles. The highest BCUT2D eigenvalue weighted by molar-refractivity contribution is 7.09. The van der Waals surface area contributed by atoms with E-state index in [9.17, 15) is 0 Å². The fourth-order valence-electron chi connectivity index (χ4n) is 1.97. The summed E-state index contributed by atoms with van der Waals surface area (Å²) in [5, 5.41) is 6.58. The Morgan fingerprint density at radius 3 is 2.89 bits per heavy atom. The van der Waals surface area contributed by atoms with Crippen LogP contribution in [0, 0.1) is 0 Å². The molecule has 0 fully saturated rings. The number of thiazole rings is 1. The normalized spacial score (nSPS) is 12.3. The van der Waals surface area contributed by atoms with Crippen molar-refractivity contribution in [3.8, 4) is 5.69 Å². The van der Waals surface area contributed by atoms with Gasteiger partial charge in [0.25, 0.3) is 0 Å². The molecule has 4 nitrogen and oxygen atoms in total. The van der Waals surface area contributed by atoms with Gasteiger partial charge in [-0.1, -0.05) is 12.1 Å². The molecule has 1 aromatic carbocycles. The fourth-order valence-corrected chi connectivity index (χ4v) is 2.61. The summed E-state index contributed by atoms with van der Waals surface area (Å²) in [5.41, 5.74) is 2.16. The molecule has 5 heteroatoms. The van der Waals surface area contributed by atoms with Gasteiger partial charge < -0.3 is 9.88 Å². The van der Waals surface area contributed by atoms with Gasteiger partial charge in [0, 0.05) is 24.0 Å². The molecule has 1 atom stereocenters. The Kier molecular flexibility index (Phi) is 3.29. The summed E-state index contributed by atoms with van der Waals surface area (Å²) >= 11 is 1.66. The number of nitrogens with zero attached hydrogens (tertiary/aromatic N) is 3. The maximum atomic E-state index is 4.34. The highest BCUT2D eigenvalue weighted by Crippen LogP contribution is 2.25. The minimum absolute atomic E-state index is 0.185. The van der Waals surface area contributed by atoms with E-state index in [1.165, 1.54) is 0 Å². The minimum atomic E-state index is 0.185. The molecule has 0 aliphatic carbocycles. The number of aromatic nitrogens is 3. The van der Waals surface area contributed by atoms with E-state index < -0.39 is 0 Å². The maximum absolute atomic E-state index is 4.34. The summed E-state index contributed by atoms with van der Waals surface area (Å²) < 4.78 is 2.00. The zero-order valence-electron chi connectivity index (χ0n) is 10.5. The standard InChI is InChI=1S/C14H14N4S/c1-11(14-16-7-9-19-14)17-12-4-2-3-5-13(12)18-8-6-15-10-18/h2-11,17H,1H3. The number of para-hydroxylation sites is 2. The van der Waals surface area contributed by atoms with Crippen LogP contribution in [0.5, 0.6) is 0 Å². The summed E-state index contributed by atoms with van der Waals surface area (Å²) in [6.07, 6.45) is 7.35. The molecule has 3 aromatic rings. The molecule has 3 rings (SSSR count). The minimum Gasteiger partial charge on any atom is -0.374 e. The van der Waals surface area contributed by atoms with Crippen molar-refractivity contribution in [2.45, 2.75) is 13.0 Å². The molecule has 1 N–H and O–H groups in total. The number of nitrogens with one attached hydrogen (secondary N) is 1. The fraction of sp³-hybridized carbons (Fsp3) is 0.143. The van der Waals surface area contributed by atoms with Gasteiger partial charge in [-0.25, -0.2) is 9.97 Å². The monoisotopic (exact) mass is 270 g/mol. The second kappa shape index (κ2) is 5.24. The van der Waals surface area contributed by atoms with Crippen molar-refractivity contribution >= 4 is 17.0 Å². The van der Waals surface area contributed by atoms with E-state index in [1.807, 2.05) is 34.5 Å². The second-order valence-corrected chi connectivity index (χ2v) is 5.15. The smallest absolute Gasteiger partial charge is 0.115 e. The zero-order chi connectivity index (χ0) is 13.1. The van der Waals surface area contributed by atoms with Crippen LogP contribution >= 0.6 is 11.3 Å². The largest absolute Gasteiger partial charge is 0.374 e. The lowest BCUT2D eigenvalue weighted by Gasteiger charge is -2.16. The van der Waals surface area contributed by atoms with Crippen molar-refractivity contribution in [1.29, 1.82) is 0 Å². The molecule has 0 bridgehead atoms. The van der Waals surface area contributed by atoms with Gasteiger partial charge in [-0.3, -0.25) is 0 Å². The zero-order valence-corrected chi connectivity index (χ0v) is 11.3. The summed E-state index contributed by atoms with van der Waals surface area (Å²) in [6, 6.07) is 8.37. The lowest BCUT2D eigenvalue weighted by Crippen LogP contribution is -2.08. The van der Waals surface area contributed by atoms with Crippen molar-refractivity contribution < 1.29 is 0 Å². The third-order valence-electron chi connectivity index (χ3n) is 2.88. The molecule has 19 heavy (non-hydrogen) atoms. The average Bonchev–Trinajstić information content (AvgIpc) is 3.13. The lowest BCUT2D eigenvalue weighted by molar-refractivity contribution is 0.865. The van der Waals surface area contributed by atoms with Crippen LogP contribution in [-0.2, 0) is 0 Å². The molecular formula is C14H14N4S. The molecule has 2 aromatic heterocycles. The molecule has 0 spiro atoms. The first kappa shape index (κ1) is 11.9. The van der Waals surface area contributed by atoms with Crippen LogP contribution in [0.3, 0.4) is 0 Å². The predicted molar refractivity (Wildman–Crippen MR) is 77.7 cm³/mol. The maximum Gasteiger partial charge on any atom is 0.115 e. The predicted octanol–water partition coefficient (Wildman–Crippen LogP) is 3.50. The molecule has 0 radical (unpaired) electrons. The number of imidazole rings is 1. The van der Waals surface area contributed by atoms with Crippen LogP contribution < -0.4 is 5.32 Å². The molecule has 96 valence electrons. The quantitative estimate of drug-likeness (QED) is 0.789. The van der Waals surface area contributed by atoms with E-state index in [-0.39, 0.29) is 6.04 Å². The van der Waals surface area contributed by atoms with E-state index in [1.54, 1.807) is 23.9 Å². The number of anilines is 1. The van der Waals surface area contributed by atoms with Crippen molar-refractivity contribution in [1.82, 2.24) is 14.5 Å². The Morgan fingerprint density at radius 2 is 2.16 bits per heavy atom. The number of hydrogen-bond acceptors (Lipinski definition) is 4. The average molecular weight is 270 g/mol. The molecule has 0 aliphatic heterocycles. The van der Waals surface area contributed by atoms with Gasteiger partial charge >= 0.3 is 0 Å². The van der Waals surface area contributed by atoms with Crippen LogP contribution in [0.2, 0.25) is 0 Å². The summed E-state index contributed by atoms with van der Waals surface area (Å²) in [4.78, 5) is 8.44. The van der Waals surface area contributed by atoms with Crippen molar-refractivity contribution in [3.63, 3.8) is 0 Å². The van der Waals surface area contributed by atoms with Gasteiger partial charge in [0.15, 0.2) is 0 Å². The first-order valence-corrected chi connectivity index (χ1v) is 6.96. The topological polar surface area (TPSA) is 42.7 Å². The first-order valence-electron chi connectivity index (χ1n) is 6.08. The second-order valence-electron chi connectivity index (χ2n) is 4.22. The molecule has 2 heterocycles. The Labute approximate surface area is 115 Å². The molecular weight excluding hydrogens is 256 g/mol. The highest BCUT2D eigenvalue weighted by atomic mass is 32.1. The van der Waals surface area contributed by atoms with Crippen LogP contribution in [0.4, 0.5) is 5.69 Å². The van der Waals surface area contributed by atoms with Crippen molar-refractivity contribution in [2.75, 3.05) is 5.32 Å². The van der Waals surface area contributed by atoms with E-state index >= 15 is 0 Å². The van der Waals surface area contributed by atoms with E-state index in [0.29, 0.717) is 0 Å². The van der Waals surface area contributed by atoms with Gasteiger partial charge in [0.1, 0.15) is 5.01 Å². The van der Waals surface area contributed by atoms with Crippen LogP contribution in [0.15, 0.2) is 54.6 Å². The number of benzene rings is 1. The summed E-state index contributed by atoms with van der Waals surface area (Å²) in [5.74, 6) is 0. The van der Waals surface area contributed by atoms with Crippen molar-refractivity contribution in [3.05, 3.63) is 59.6 Å². The Morgan fingerprint density at radius 1 is 1.26 bits per heavy atom. The third-order valence-corrected chi connectivity index (χ3v) is 3.84. The number of hydrogen-bond donors (Lipinski definition) is 1. The SMILES string of the molecule is CC(Nc1ccccc1-n1ccnc1)c1nccs1. The van der Waals surface area contributed by atoms with Crippen LogP contribution in [0.25, 0.3) is 5.69 Å². The van der Waals surface area contributed by atoms with E-state index in [0.717, 1.165) is 16.4 Å². The molecule has 1 unspecified atom stereocenters. The van der Waals surface area contributed by atoms with Gasteiger partial charge in [0.05, 0.1) is 23.7 Å². The van der Waals surface area contributed by atoms with Gasteiger partial charge in [-0.15, -0.1) is 11.3 Å². The van der Waals surface area contributed by atoms with E-state index in [4.69, 9.17) is 0 Å². The van der Waals surface area contributed by atoms with Gasteiger partial charge in [0.2, 0.25) is 0 Å². The summed E-state index contributed by atoms with van der Waals surface area (Å²) in [6.45, 7) is 2.11. The highest BCUT2D eigenvalue weighted by Gasteiger charge is 2.10. The van der Waals surface area contributed by atoms with Crippen LogP contribution in [-0.4, -0.2) is 14.5 Å². The lowest BCUT2D eigenvalue weighted by atomic mass is 10.2. The Balaban J connectivity index is 1.89. The first-order chi connectivity index (χ1) is 9.34. The number of rotatable bonds is 4. The summed E-state index contributed by atoms with van der Waals surface area (Å²) in [7, 11) is 0. The van der Waals surface area contributed by atoms with Crippen molar-refractivity contribution in [2.24, 2.45) is 0 Å². The molecule has 0 saturated heterocycles. The Hall–Kier alpha value is -2.14. The van der Waals surface area contributed by atoms with E-state index in [2.05, 4.69) is 34.3 Å². The van der Waals surface area contributed by atoms with Gasteiger partial charge in [-0.05, 0) is 19.1 Å². The third kappa shape index (κ3) is 2.51. The van der Waals surface area contributed by atoms with Gasteiger partial charge in [-0.2, -0.15) is 0 Å². The Bertz CT molecular complexity index is 631.